The van der Waals surface area contributed by atoms with E-state index in [1.54, 1.807) is 6.08 Å². The molecule has 1 rings (SSSR count). The Morgan fingerprint density at radius 2 is 2.13 bits per heavy atom. The summed E-state index contributed by atoms with van der Waals surface area (Å²) in [4.78, 5) is 0. The van der Waals surface area contributed by atoms with Crippen molar-refractivity contribution in [3.63, 3.8) is 0 Å². The number of benzene rings is 1. The number of nitrogens with one attached hydrogen (secondary N) is 1. The van der Waals surface area contributed by atoms with Crippen molar-refractivity contribution >= 4 is 0 Å². The molecule has 0 unspecified atom stereocenters. The Balaban J connectivity index is 2.44. The summed E-state index contributed by atoms with van der Waals surface area (Å²) in [7, 11) is 1.82. The Morgan fingerprint density at radius 1 is 1.33 bits per heavy atom. The van der Waals surface area contributed by atoms with Crippen LogP contribution in [0, 0.1) is 11.6 Å². The molecule has 15 heavy (non-hydrogen) atoms. The molecular formula is C11H13F2NO. The zero-order valence-electron chi connectivity index (χ0n) is 8.47. The van der Waals surface area contributed by atoms with E-state index >= 15 is 0 Å². The van der Waals surface area contributed by atoms with Gasteiger partial charge in [-0.25, -0.2) is 8.78 Å². The highest BCUT2D eigenvalue weighted by Crippen LogP contribution is 2.17. The van der Waals surface area contributed by atoms with Crippen molar-refractivity contribution in [1.82, 2.24) is 5.32 Å². The molecule has 4 heteroatoms. The maximum Gasteiger partial charge on any atom is 0.167 e. The predicted octanol–water partition coefficient (Wildman–Crippen LogP) is 2.12. The molecule has 0 saturated heterocycles. The van der Waals surface area contributed by atoms with Crippen molar-refractivity contribution in [2.75, 3.05) is 20.2 Å². The molecule has 1 aromatic rings. The number of hydrogen-bond donors (Lipinski definition) is 1. The number of hydrogen-bond acceptors (Lipinski definition) is 2. The van der Waals surface area contributed by atoms with E-state index in [2.05, 4.69) is 5.32 Å². The third kappa shape index (κ3) is 4.08. The van der Waals surface area contributed by atoms with E-state index in [9.17, 15) is 8.78 Å². The van der Waals surface area contributed by atoms with Crippen LogP contribution in [0.25, 0.3) is 0 Å². The summed E-state index contributed by atoms with van der Waals surface area (Å²) >= 11 is 0. The smallest absolute Gasteiger partial charge is 0.167 e. The molecule has 0 aromatic heterocycles. The van der Waals surface area contributed by atoms with Gasteiger partial charge in [-0.15, -0.1) is 0 Å². The highest BCUT2D eigenvalue weighted by atomic mass is 19.1. The molecule has 82 valence electrons. The van der Waals surface area contributed by atoms with Crippen molar-refractivity contribution in [2.45, 2.75) is 0 Å². The predicted molar refractivity (Wildman–Crippen MR) is 54.9 cm³/mol. The zero-order chi connectivity index (χ0) is 11.1. The van der Waals surface area contributed by atoms with Crippen LogP contribution in [-0.2, 0) is 0 Å². The standard InChI is InChI=1S/C11H13F2NO/c1-14-6-2-3-7-15-11-5-4-9(12)8-10(11)13/h2-5,8,14H,6-7H2,1H3/b3-2+. The van der Waals surface area contributed by atoms with Crippen LogP contribution < -0.4 is 10.1 Å². The number of likely N-dealkylation sites (N-methyl/N-ethyl adjacent to an activating group) is 1. The first kappa shape index (κ1) is 11.7. The largest absolute Gasteiger partial charge is 0.486 e. The summed E-state index contributed by atoms with van der Waals surface area (Å²) in [5.41, 5.74) is 0. The maximum absolute atomic E-state index is 13.0. The summed E-state index contributed by atoms with van der Waals surface area (Å²) in [5.74, 6) is -1.23. The normalized spacial score (nSPS) is 10.9. The fourth-order valence-corrected chi connectivity index (χ4v) is 0.999. The summed E-state index contributed by atoms with van der Waals surface area (Å²) in [6.07, 6.45) is 3.63. The monoisotopic (exact) mass is 213 g/mol. The van der Waals surface area contributed by atoms with Crippen LogP contribution in [-0.4, -0.2) is 20.2 Å². The van der Waals surface area contributed by atoms with Crippen LogP contribution in [0.1, 0.15) is 0 Å². The van der Waals surface area contributed by atoms with Gasteiger partial charge in [0, 0.05) is 12.6 Å². The average molecular weight is 213 g/mol. The topological polar surface area (TPSA) is 21.3 Å². The van der Waals surface area contributed by atoms with Crippen molar-refractivity contribution in [3.05, 3.63) is 42.0 Å². The Labute approximate surface area is 87.6 Å². The molecule has 0 atom stereocenters. The maximum atomic E-state index is 13.0. The molecular weight excluding hydrogens is 200 g/mol. The Hall–Kier alpha value is -1.42. The Kier molecular flexibility index (Phi) is 4.77. The van der Waals surface area contributed by atoms with Gasteiger partial charge in [-0.05, 0) is 19.2 Å². The molecule has 0 spiro atoms. The second kappa shape index (κ2) is 6.14. The number of rotatable bonds is 5. The van der Waals surface area contributed by atoms with Crippen molar-refractivity contribution in [2.24, 2.45) is 0 Å². The van der Waals surface area contributed by atoms with Gasteiger partial charge in [-0.3, -0.25) is 0 Å². The first-order chi connectivity index (χ1) is 7.24. The van der Waals surface area contributed by atoms with E-state index < -0.39 is 11.6 Å². The van der Waals surface area contributed by atoms with Gasteiger partial charge in [-0.1, -0.05) is 12.2 Å². The van der Waals surface area contributed by atoms with E-state index in [1.807, 2.05) is 13.1 Å². The van der Waals surface area contributed by atoms with Gasteiger partial charge in [0.15, 0.2) is 11.6 Å². The minimum atomic E-state index is -0.683. The van der Waals surface area contributed by atoms with Gasteiger partial charge in [0.05, 0.1) is 0 Å². The molecule has 0 aliphatic rings. The summed E-state index contributed by atoms with van der Waals surface area (Å²) < 4.78 is 30.6. The van der Waals surface area contributed by atoms with Gasteiger partial charge in [0.1, 0.15) is 12.4 Å². The molecule has 0 fully saturated rings. The molecule has 1 N–H and O–H groups in total. The quantitative estimate of drug-likeness (QED) is 0.756. The Bertz CT molecular complexity index is 339. The van der Waals surface area contributed by atoms with Crippen molar-refractivity contribution in [1.29, 1.82) is 0 Å². The van der Waals surface area contributed by atoms with Gasteiger partial charge < -0.3 is 10.1 Å². The van der Waals surface area contributed by atoms with Crippen LogP contribution in [0.15, 0.2) is 30.4 Å². The van der Waals surface area contributed by atoms with E-state index in [0.717, 1.165) is 18.7 Å². The lowest BCUT2D eigenvalue weighted by atomic mass is 10.3. The van der Waals surface area contributed by atoms with Crippen LogP contribution in [0.2, 0.25) is 0 Å². The summed E-state index contributed by atoms with van der Waals surface area (Å²) in [5, 5.41) is 2.92. The van der Waals surface area contributed by atoms with E-state index in [4.69, 9.17) is 4.74 Å². The highest BCUT2D eigenvalue weighted by molar-refractivity contribution is 5.24. The lowest BCUT2D eigenvalue weighted by Crippen LogP contribution is -2.05. The van der Waals surface area contributed by atoms with E-state index in [-0.39, 0.29) is 12.4 Å². The average Bonchev–Trinajstić information content (AvgIpc) is 2.20. The van der Waals surface area contributed by atoms with Crippen LogP contribution in [0.4, 0.5) is 8.78 Å². The molecule has 0 saturated carbocycles. The van der Waals surface area contributed by atoms with Crippen LogP contribution in [0.3, 0.4) is 0 Å². The molecule has 0 aliphatic heterocycles. The third-order valence-electron chi connectivity index (χ3n) is 1.72. The molecule has 0 heterocycles. The van der Waals surface area contributed by atoms with E-state index in [0.29, 0.717) is 0 Å². The lowest BCUT2D eigenvalue weighted by Gasteiger charge is -2.03. The van der Waals surface area contributed by atoms with Gasteiger partial charge in [0.25, 0.3) is 0 Å². The van der Waals surface area contributed by atoms with Crippen molar-refractivity contribution in [3.8, 4) is 5.75 Å². The first-order valence-corrected chi connectivity index (χ1v) is 4.61. The van der Waals surface area contributed by atoms with Crippen LogP contribution >= 0.6 is 0 Å². The molecule has 1 aromatic carbocycles. The van der Waals surface area contributed by atoms with Crippen LogP contribution in [0.5, 0.6) is 5.75 Å². The first-order valence-electron chi connectivity index (χ1n) is 4.61. The van der Waals surface area contributed by atoms with Crippen molar-refractivity contribution < 1.29 is 13.5 Å². The second-order valence-corrected chi connectivity index (χ2v) is 2.91. The molecule has 0 aliphatic carbocycles. The fraction of sp³-hybridized carbons (Fsp3) is 0.273. The third-order valence-corrected chi connectivity index (χ3v) is 1.72. The molecule has 0 radical (unpaired) electrons. The minimum absolute atomic E-state index is 0.0607. The minimum Gasteiger partial charge on any atom is -0.486 e. The molecule has 0 bridgehead atoms. The van der Waals surface area contributed by atoms with Gasteiger partial charge >= 0.3 is 0 Å². The Morgan fingerprint density at radius 3 is 2.80 bits per heavy atom. The van der Waals surface area contributed by atoms with E-state index in [1.165, 1.54) is 6.07 Å². The highest BCUT2D eigenvalue weighted by Gasteiger charge is 2.02. The molecule has 0 amide bonds. The van der Waals surface area contributed by atoms with Gasteiger partial charge in [0.2, 0.25) is 0 Å². The lowest BCUT2D eigenvalue weighted by molar-refractivity contribution is 0.340. The second-order valence-electron chi connectivity index (χ2n) is 2.91. The summed E-state index contributed by atoms with van der Waals surface area (Å²) in [6.45, 7) is 0.999. The number of halogens is 2. The SMILES string of the molecule is CNC/C=C/COc1ccc(F)cc1F. The zero-order valence-corrected chi connectivity index (χ0v) is 8.47. The molecule has 2 nitrogen and oxygen atoms in total. The summed E-state index contributed by atoms with van der Waals surface area (Å²) in [6, 6.07) is 3.24. The van der Waals surface area contributed by atoms with Gasteiger partial charge in [-0.2, -0.15) is 0 Å². The fourth-order valence-electron chi connectivity index (χ4n) is 0.999. The number of ether oxygens (including phenoxy) is 1.